The number of ether oxygens (including phenoxy) is 2. The monoisotopic (exact) mass is 380 g/mol. The van der Waals surface area contributed by atoms with Gasteiger partial charge in [0.2, 0.25) is 0 Å². The van der Waals surface area contributed by atoms with Crippen LogP contribution in [-0.4, -0.2) is 17.9 Å². The van der Waals surface area contributed by atoms with Gasteiger partial charge in [-0.05, 0) is 35.0 Å². The fourth-order valence-electron chi connectivity index (χ4n) is 1.11. The summed E-state index contributed by atoms with van der Waals surface area (Å²) < 4.78 is 24.0. The molecular formula is C12H11Br2FO3. The van der Waals surface area contributed by atoms with Crippen molar-refractivity contribution in [2.24, 2.45) is 0 Å². The Hall–Kier alpha value is -0.880. The van der Waals surface area contributed by atoms with Gasteiger partial charge in [0.15, 0.2) is 11.6 Å². The van der Waals surface area contributed by atoms with Crippen LogP contribution < -0.4 is 4.74 Å². The molecule has 6 heteroatoms. The summed E-state index contributed by atoms with van der Waals surface area (Å²) >= 11 is 6.22. The van der Waals surface area contributed by atoms with Crippen molar-refractivity contribution in [2.75, 3.05) is 11.9 Å². The molecule has 18 heavy (non-hydrogen) atoms. The first-order chi connectivity index (χ1) is 8.58. The number of halogens is 3. The second-order valence-corrected chi connectivity index (χ2v) is 4.57. The summed E-state index contributed by atoms with van der Waals surface area (Å²) in [6, 6.07) is 4.67. The van der Waals surface area contributed by atoms with Crippen molar-refractivity contribution >= 4 is 37.8 Å². The van der Waals surface area contributed by atoms with Crippen molar-refractivity contribution in [3.05, 3.63) is 40.3 Å². The number of alkyl halides is 1. The Labute approximate surface area is 121 Å². The first-order valence-electron chi connectivity index (χ1n) is 5.13. The van der Waals surface area contributed by atoms with Gasteiger partial charge in [-0.3, -0.25) is 0 Å². The summed E-state index contributed by atoms with van der Waals surface area (Å²) in [7, 11) is 0. The van der Waals surface area contributed by atoms with Gasteiger partial charge in [0.1, 0.15) is 5.76 Å². The Morgan fingerprint density at radius 1 is 1.50 bits per heavy atom. The molecule has 98 valence electrons. The van der Waals surface area contributed by atoms with Gasteiger partial charge in [0.05, 0.1) is 22.5 Å². The van der Waals surface area contributed by atoms with E-state index in [1.54, 1.807) is 19.1 Å². The summed E-state index contributed by atoms with van der Waals surface area (Å²) in [5.74, 6) is -0.736. The maximum Gasteiger partial charge on any atom is 0.334 e. The topological polar surface area (TPSA) is 35.5 Å². The maximum atomic E-state index is 13.7. The van der Waals surface area contributed by atoms with Crippen LogP contribution >= 0.6 is 31.9 Å². The molecule has 0 heterocycles. The minimum atomic E-state index is -0.526. The van der Waals surface area contributed by atoms with Gasteiger partial charge in [-0.25, -0.2) is 9.18 Å². The second-order valence-electron chi connectivity index (χ2n) is 3.15. The van der Waals surface area contributed by atoms with E-state index in [0.29, 0.717) is 4.47 Å². The van der Waals surface area contributed by atoms with E-state index >= 15 is 0 Å². The molecule has 3 nitrogen and oxygen atoms in total. The van der Waals surface area contributed by atoms with E-state index in [2.05, 4.69) is 31.9 Å². The summed E-state index contributed by atoms with van der Waals surface area (Å²) in [4.78, 5) is 11.3. The minimum absolute atomic E-state index is 0.0411. The van der Waals surface area contributed by atoms with Gasteiger partial charge < -0.3 is 9.47 Å². The van der Waals surface area contributed by atoms with E-state index in [-0.39, 0.29) is 23.4 Å². The first kappa shape index (κ1) is 15.2. The lowest BCUT2D eigenvalue weighted by molar-refractivity contribution is -0.137. The van der Waals surface area contributed by atoms with Gasteiger partial charge >= 0.3 is 5.97 Å². The van der Waals surface area contributed by atoms with Crippen LogP contribution in [0.25, 0.3) is 0 Å². The lowest BCUT2D eigenvalue weighted by Crippen LogP contribution is -2.06. The zero-order valence-corrected chi connectivity index (χ0v) is 12.8. The first-order valence-corrected chi connectivity index (χ1v) is 7.05. The smallest absolute Gasteiger partial charge is 0.334 e. The van der Waals surface area contributed by atoms with Crippen LogP contribution in [0, 0.1) is 5.82 Å². The zero-order chi connectivity index (χ0) is 13.5. The van der Waals surface area contributed by atoms with E-state index in [4.69, 9.17) is 9.47 Å². The zero-order valence-electron chi connectivity index (χ0n) is 9.58. The molecule has 1 rings (SSSR count). The molecule has 1 aromatic carbocycles. The molecule has 0 aliphatic heterocycles. The largest absolute Gasteiger partial charge is 0.463 e. The number of rotatable bonds is 5. The van der Waals surface area contributed by atoms with Crippen LogP contribution in [0.15, 0.2) is 34.5 Å². The standard InChI is InChI=1S/C12H11Br2FO3/c1-2-17-11(16)6-8(7-13)18-10-5-3-4-9(14)12(10)15/h3-6H,2,7H2,1H3/b8-6-. The van der Waals surface area contributed by atoms with Crippen LogP contribution in [0.1, 0.15) is 6.92 Å². The number of esters is 1. The van der Waals surface area contributed by atoms with Gasteiger partial charge in [-0.15, -0.1) is 0 Å². The van der Waals surface area contributed by atoms with Gasteiger partial charge in [-0.2, -0.15) is 0 Å². The third kappa shape index (κ3) is 4.42. The predicted octanol–water partition coefficient (Wildman–Crippen LogP) is 3.81. The van der Waals surface area contributed by atoms with Crippen LogP contribution in [0.3, 0.4) is 0 Å². The second kappa shape index (κ2) is 7.53. The molecule has 1 aromatic rings. The molecule has 0 radical (unpaired) electrons. The molecule has 0 unspecified atom stereocenters. The average molecular weight is 382 g/mol. The molecule has 0 aromatic heterocycles. The fourth-order valence-corrected chi connectivity index (χ4v) is 1.74. The number of carbonyl (C=O) groups excluding carboxylic acids is 1. The molecule has 0 aliphatic carbocycles. The van der Waals surface area contributed by atoms with Gasteiger partial charge in [0, 0.05) is 0 Å². The van der Waals surface area contributed by atoms with E-state index in [1.807, 2.05) is 0 Å². The van der Waals surface area contributed by atoms with Gasteiger partial charge in [0.25, 0.3) is 0 Å². The van der Waals surface area contributed by atoms with E-state index < -0.39 is 11.8 Å². The van der Waals surface area contributed by atoms with Crippen molar-refractivity contribution in [3.63, 3.8) is 0 Å². The lowest BCUT2D eigenvalue weighted by Gasteiger charge is -2.09. The molecule has 0 saturated carbocycles. The van der Waals surface area contributed by atoms with Crippen molar-refractivity contribution in [2.45, 2.75) is 6.92 Å². The van der Waals surface area contributed by atoms with Crippen LogP contribution in [0.5, 0.6) is 5.75 Å². The summed E-state index contributed by atoms with van der Waals surface area (Å²) in [5.41, 5.74) is 0. The number of allylic oxidation sites excluding steroid dienone is 1. The molecule has 0 spiro atoms. The third-order valence-electron chi connectivity index (χ3n) is 1.85. The normalized spacial score (nSPS) is 11.2. The Kier molecular flexibility index (Phi) is 6.35. The molecule has 0 atom stereocenters. The summed E-state index contributed by atoms with van der Waals surface area (Å²) in [6.45, 7) is 1.98. The molecular weight excluding hydrogens is 371 g/mol. The number of benzene rings is 1. The quantitative estimate of drug-likeness (QED) is 0.336. The number of carbonyl (C=O) groups is 1. The van der Waals surface area contributed by atoms with Crippen LogP contribution in [-0.2, 0) is 9.53 Å². The maximum absolute atomic E-state index is 13.7. The average Bonchev–Trinajstić information content (AvgIpc) is 2.34. The molecule has 0 amide bonds. The van der Waals surface area contributed by atoms with Crippen molar-refractivity contribution < 1.29 is 18.7 Å². The Morgan fingerprint density at radius 2 is 2.22 bits per heavy atom. The third-order valence-corrected chi connectivity index (χ3v) is 3.02. The SMILES string of the molecule is CCOC(=O)/C=C(/CBr)Oc1cccc(Br)c1F. The Bertz CT molecular complexity index is 461. The molecule has 0 bridgehead atoms. The fraction of sp³-hybridized carbons (Fsp3) is 0.250. The highest BCUT2D eigenvalue weighted by molar-refractivity contribution is 9.10. The summed E-state index contributed by atoms with van der Waals surface area (Å²) in [6.07, 6.45) is 1.18. The van der Waals surface area contributed by atoms with E-state index in [9.17, 15) is 9.18 Å². The molecule has 0 saturated heterocycles. The highest BCUT2D eigenvalue weighted by Crippen LogP contribution is 2.26. The predicted molar refractivity (Wildman–Crippen MR) is 73.2 cm³/mol. The number of hydrogen-bond donors (Lipinski definition) is 0. The van der Waals surface area contributed by atoms with Crippen molar-refractivity contribution in [1.82, 2.24) is 0 Å². The number of hydrogen-bond acceptors (Lipinski definition) is 3. The Balaban J connectivity index is 2.86. The molecule has 0 N–H and O–H groups in total. The highest BCUT2D eigenvalue weighted by atomic mass is 79.9. The van der Waals surface area contributed by atoms with E-state index in [1.165, 1.54) is 12.1 Å². The molecule has 0 fully saturated rings. The minimum Gasteiger partial charge on any atom is -0.463 e. The highest BCUT2D eigenvalue weighted by Gasteiger charge is 2.10. The van der Waals surface area contributed by atoms with E-state index in [0.717, 1.165) is 0 Å². The summed E-state index contributed by atoms with van der Waals surface area (Å²) in [5, 5.41) is 0.276. The van der Waals surface area contributed by atoms with Crippen LogP contribution in [0.2, 0.25) is 0 Å². The molecule has 0 aliphatic rings. The lowest BCUT2D eigenvalue weighted by atomic mass is 10.3. The van der Waals surface area contributed by atoms with Gasteiger partial charge in [-0.1, -0.05) is 22.0 Å². The Morgan fingerprint density at radius 3 is 2.83 bits per heavy atom. The van der Waals surface area contributed by atoms with Crippen molar-refractivity contribution in [3.8, 4) is 5.75 Å². The van der Waals surface area contributed by atoms with Crippen LogP contribution in [0.4, 0.5) is 4.39 Å². The van der Waals surface area contributed by atoms with Crippen molar-refractivity contribution in [1.29, 1.82) is 0 Å².